The largest absolute Gasteiger partial charge is 0.313 e. The van der Waals surface area contributed by atoms with Gasteiger partial charge in [-0.3, -0.25) is 0 Å². The van der Waals surface area contributed by atoms with Crippen LogP contribution in [0.1, 0.15) is 17.2 Å². The lowest BCUT2D eigenvalue weighted by atomic mass is 9.98. The van der Waals surface area contributed by atoms with Gasteiger partial charge in [-0.2, -0.15) is 0 Å². The summed E-state index contributed by atoms with van der Waals surface area (Å²) in [5, 5.41) is 3.38. The summed E-state index contributed by atoms with van der Waals surface area (Å²) < 4.78 is 16.0. The quantitative estimate of drug-likeness (QED) is 0.687. The fraction of sp³-hybridized carbons (Fsp3) is 0.200. The molecule has 1 N–H and O–H groups in total. The maximum Gasteiger partial charge on any atom is 0.145 e. The molecule has 2 rings (SSSR count). The first kappa shape index (κ1) is 16.0. The van der Waals surface area contributed by atoms with Gasteiger partial charge in [0.25, 0.3) is 0 Å². The van der Waals surface area contributed by atoms with Crippen molar-refractivity contribution in [2.75, 3.05) is 7.05 Å². The van der Waals surface area contributed by atoms with E-state index >= 15 is 0 Å². The zero-order valence-electron chi connectivity index (χ0n) is 10.8. The molecule has 0 bridgehead atoms. The van der Waals surface area contributed by atoms with E-state index in [1.54, 1.807) is 18.2 Å². The van der Waals surface area contributed by atoms with E-state index in [4.69, 9.17) is 11.6 Å². The summed E-state index contributed by atoms with van der Waals surface area (Å²) in [5.74, 6) is -0.347. The van der Waals surface area contributed by atoms with Crippen LogP contribution in [0.4, 0.5) is 4.39 Å². The molecule has 0 fully saturated rings. The molecule has 2 aromatic carbocycles. The Bertz CT molecular complexity index is 619. The summed E-state index contributed by atoms with van der Waals surface area (Å²) in [6, 6.07) is 11.0. The summed E-state index contributed by atoms with van der Waals surface area (Å²) in [4.78, 5) is 0. The third kappa shape index (κ3) is 3.61. The number of likely N-dealkylation sites (N-methyl/N-ethyl adjacent to an activating group) is 1. The Hall–Kier alpha value is -0.420. The van der Waals surface area contributed by atoms with E-state index in [2.05, 4.69) is 37.2 Å². The third-order valence-electron chi connectivity index (χ3n) is 3.14. The van der Waals surface area contributed by atoms with E-state index in [1.807, 2.05) is 25.2 Å². The molecule has 0 heterocycles. The number of halogens is 4. The highest BCUT2D eigenvalue weighted by Gasteiger charge is 2.16. The van der Waals surface area contributed by atoms with E-state index in [9.17, 15) is 4.39 Å². The normalized spacial score (nSPS) is 12.4. The van der Waals surface area contributed by atoms with Crippen molar-refractivity contribution < 1.29 is 4.39 Å². The van der Waals surface area contributed by atoms with Crippen LogP contribution < -0.4 is 5.32 Å². The first-order valence-corrected chi connectivity index (χ1v) is 8.04. The van der Waals surface area contributed by atoms with Gasteiger partial charge in [0.1, 0.15) is 5.82 Å². The number of nitrogens with one attached hydrogen (secondary N) is 1. The Balaban J connectivity index is 2.34. The van der Waals surface area contributed by atoms with Gasteiger partial charge in [0, 0.05) is 15.0 Å². The fourth-order valence-electron chi connectivity index (χ4n) is 2.08. The molecule has 0 spiro atoms. The molecule has 0 aliphatic heterocycles. The van der Waals surface area contributed by atoms with Gasteiger partial charge in [-0.05, 0) is 48.9 Å². The molecule has 0 aliphatic rings. The number of benzene rings is 2. The van der Waals surface area contributed by atoms with Crippen LogP contribution in [0.15, 0.2) is 45.3 Å². The highest BCUT2D eigenvalue weighted by Crippen LogP contribution is 2.30. The lowest BCUT2D eigenvalue weighted by Crippen LogP contribution is -2.20. The Labute approximate surface area is 139 Å². The Kier molecular flexibility index (Phi) is 5.61. The van der Waals surface area contributed by atoms with Gasteiger partial charge in [0.15, 0.2) is 0 Å². The first-order chi connectivity index (χ1) is 9.52. The minimum Gasteiger partial charge on any atom is -0.313 e. The van der Waals surface area contributed by atoms with Crippen LogP contribution in [0.5, 0.6) is 0 Å². The van der Waals surface area contributed by atoms with Crippen LogP contribution in [0.2, 0.25) is 5.02 Å². The number of hydrogen-bond acceptors (Lipinski definition) is 1. The monoisotopic (exact) mass is 419 g/mol. The van der Waals surface area contributed by atoms with Crippen molar-refractivity contribution in [1.82, 2.24) is 5.32 Å². The van der Waals surface area contributed by atoms with Gasteiger partial charge < -0.3 is 5.32 Å². The zero-order valence-corrected chi connectivity index (χ0v) is 14.7. The van der Waals surface area contributed by atoms with E-state index in [-0.39, 0.29) is 16.9 Å². The maximum absolute atomic E-state index is 14.0. The average molecular weight is 422 g/mol. The van der Waals surface area contributed by atoms with Gasteiger partial charge in [-0.15, -0.1) is 0 Å². The van der Waals surface area contributed by atoms with Crippen LogP contribution >= 0.6 is 43.5 Å². The van der Waals surface area contributed by atoms with Crippen molar-refractivity contribution in [3.63, 3.8) is 0 Å². The predicted octanol–water partition coefficient (Wildman–Crippen LogP) is 5.51. The molecule has 0 saturated heterocycles. The Morgan fingerprint density at radius 3 is 2.70 bits per heavy atom. The van der Waals surface area contributed by atoms with Crippen LogP contribution in [0, 0.1) is 5.82 Å². The minimum atomic E-state index is -0.347. The number of rotatable bonds is 4. The van der Waals surface area contributed by atoms with Crippen molar-refractivity contribution in [3.8, 4) is 0 Å². The van der Waals surface area contributed by atoms with Crippen molar-refractivity contribution in [3.05, 3.63) is 67.3 Å². The van der Waals surface area contributed by atoms with Gasteiger partial charge in [0.05, 0.1) is 5.02 Å². The average Bonchev–Trinajstić information content (AvgIpc) is 2.43. The van der Waals surface area contributed by atoms with E-state index in [1.165, 1.54) is 0 Å². The Morgan fingerprint density at radius 1 is 1.25 bits per heavy atom. The lowest BCUT2D eigenvalue weighted by molar-refractivity contribution is 0.553. The predicted molar refractivity (Wildman–Crippen MR) is 88.8 cm³/mol. The number of hydrogen-bond donors (Lipinski definition) is 1. The topological polar surface area (TPSA) is 12.0 Å². The molecule has 20 heavy (non-hydrogen) atoms. The molecule has 0 saturated carbocycles. The lowest BCUT2D eigenvalue weighted by Gasteiger charge is -2.19. The van der Waals surface area contributed by atoms with Crippen LogP contribution in [-0.4, -0.2) is 7.05 Å². The summed E-state index contributed by atoms with van der Waals surface area (Å²) in [6.07, 6.45) is 0.526. The maximum atomic E-state index is 14.0. The highest BCUT2D eigenvalue weighted by atomic mass is 79.9. The van der Waals surface area contributed by atoms with Crippen molar-refractivity contribution in [1.29, 1.82) is 0 Å². The van der Waals surface area contributed by atoms with Crippen molar-refractivity contribution in [2.24, 2.45) is 0 Å². The van der Waals surface area contributed by atoms with Gasteiger partial charge >= 0.3 is 0 Å². The molecule has 1 nitrogen and oxygen atoms in total. The van der Waals surface area contributed by atoms with Crippen LogP contribution in [0.3, 0.4) is 0 Å². The molecule has 106 valence electrons. The summed E-state index contributed by atoms with van der Waals surface area (Å²) in [7, 11) is 1.86. The van der Waals surface area contributed by atoms with Crippen LogP contribution in [0.25, 0.3) is 0 Å². The van der Waals surface area contributed by atoms with E-state index in [0.29, 0.717) is 12.0 Å². The highest BCUT2D eigenvalue weighted by molar-refractivity contribution is 9.11. The molecule has 2 aromatic rings. The Morgan fingerprint density at radius 2 is 2.00 bits per heavy atom. The summed E-state index contributed by atoms with van der Waals surface area (Å²) in [5.41, 5.74) is 1.67. The van der Waals surface area contributed by atoms with Gasteiger partial charge in [-0.1, -0.05) is 55.6 Å². The second kappa shape index (κ2) is 7.03. The molecular formula is C15H13Br2ClFN. The SMILES string of the molecule is CNC(Cc1cccc(Cl)c1F)c1cc(Br)ccc1Br. The molecule has 0 radical (unpaired) electrons. The molecule has 1 unspecified atom stereocenters. The molecule has 0 aromatic heterocycles. The van der Waals surface area contributed by atoms with E-state index in [0.717, 1.165) is 14.5 Å². The zero-order chi connectivity index (χ0) is 14.7. The van der Waals surface area contributed by atoms with Gasteiger partial charge in [-0.25, -0.2) is 4.39 Å². The standard InChI is InChI=1S/C15H13Br2ClFN/c1-20-14(11-8-10(16)5-6-12(11)17)7-9-3-2-4-13(18)15(9)19/h2-6,8,14,20H,7H2,1H3. The molecular weight excluding hydrogens is 408 g/mol. The minimum absolute atomic E-state index is 0.00478. The summed E-state index contributed by atoms with van der Waals surface area (Å²) >= 11 is 12.8. The molecule has 0 amide bonds. The third-order valence-corrected chi connectivity index (χ3v) is 4.64. The molecule has 1 atom stereocenters. The second-order valence-corrected chi connectivity index (χ2v) is 6.60. The van der Waals surface area contributed by atoms with Crippen molar-refractivity contribution >= 4 is 43.5 Å². The molecule has 5 heteroatoms. The van der Waals surface area contributed by atoms with Crippen molar-refractivity contribution in [2.45, 2.75) is 12.5 Å². The fourth-order valence-corrected chi connectivity index (χ4v) is 3.17. The summed E-state index contributed by atoms with van der Waals surface area (Å²) in [6.45, 7) is 0. The smallest absolute Gasteiger partial charge is 0.145 e. The second-order valence-electron chi connectivity index (χ2n) is 4.42. The molecule has 0 aliphatic carbocycles. The van der Waals surface area contributed by atoms with Gasteiger partial charge in [0.2, 0.25) is 0 Å². The first-order valence-electron chi connectivity index (χ1n) is 6.08. The van der Waals surface area contributed by atoms with Crippen LogP contribution in [-0.2, 0) is 6.42 Å². The van der Waals surface area contributed by atoms with E-state index < -0.39 is 0 Å².